The predicted molar refractivity (Wildman–Crippen MR) is 133 cm³/mol. The number of hydrogen-bond acceptors (Lipinski definition) is 5. The molecule has 184 valence electrons. The second-order valence-corrected chi connectivity index (χ2v) is 9.65. The molecule has 3 rings (SSSR count). The minimum absolute atomic E-state index is 0.215. The maximum absolute atomic E-state index is 13.1. The van der Waals surface area contributed by atoms with Crippen molar-refractivity contribution in [1.82, 2.24) is 9.88 Å². The Morgan fingerprint density at radius 2 is 1.88 bits per heavy atom. The Morgan fingerprint density at radius 3 is 2.59 bits per heavy atom. The first-order valence-corrected chi connectivity index (χ1v) is 12.2. The first kappa shape index (κ1) is 25.5. The van der Waals surface area contributed by atoms with Crippen molar-refractivity contribution >= 4 is 18.0 Å². The van der Waals surface area contributed by atoms with Crippen LogP contribution >= 0.6 is 0 Å². The van der Waals surface area contributed by atoms with Crippen molar-refractivity contribution in [3.63, 3.8) is 0 Å². The molecule has 0 bridgehead atoms. The van der Waals surface area contributed by atoms with Crippen LogP contribution in [0.1, 0.15) is 77.0 Å². The lowest BCUT2D eigenvalue weighted by atomic mass is 9.95. The number of pyridine rings is 1. The Hall–Kier alpha value is -3.09. The highest BCUT2D eigenvalue weighted by atomic mass is 16.6. The summed E-state index contributed by atoms with van der Waals surface area (Å²) < 4.78 is 11.4. The zero-order chi connectivity index (χ0) is 24.6. The molecule has 1 aliphatic rings. The number of amides is 2. The van der Waals surface area contributed by atoms with E-state index in [-0.39, 0.29) is 18.7 Å². The van der Waals surface area contributed by atoms with Crippen LogP contribution in [-0.2, 0) is 16.1 Å². The summed E-state index contributed by atoms with van der Waals surface area (Å²) in [5.74, 6) is 0.554. The van der Waals surface area contributed by atoms with Crippen molar-refractivity contribution in [3.8, 4) is 0 Å². The van der Waals surface area contributed by atoms with Crippen LogP contribution in [0.25, 0.3) is 0 Å². The van der Waals surface area contributed by atoms with Crippen molar-refractivity contribution < 1.29 is 19.1 Å². The second kappa shape index (κ2) is 11.9. The molecule has 0 N–H and O–H groups in total. The molecule has 2 amide bonds. The van der Waals surface area contributed by atoms with Crippen LogP contribution in [0.5, 0.6) is 0 Å². The summed E-state index contributed by atoms with van der Waals surface area (Å²) >= 11 is 0. The van der Waals surface area contributed by atoms with Crippen molar-refractivity contribution in [3.05, 3.63) is 59.8 Å². The van der Waals surface area contributed by atoms with Crippen molar-refractivity contribution in [2.45, 2.75) is 78.0 Å². The number of nitrogens with zero attached hydrogens (tertiary/aromatic N) is 3. The van der Waals surface area contributed by atoms with Gasteiger partial charge in [-0.05, 0) is 58.1 Å². The fourth-order valence-electron chi connectivity index (χ4n) is 4.09. The van der Waals surface area contributed by atoms with Gasteiger partial charge in [0.05, 0.1) is 6.04 Å². The molecule has 1 aliphatic heterocycles. The number of likely N-dealkylation sites (tertiary alicyclic amines) is 1. The standard InChI is InChI=1S/C27H37N3O4/c1-5-6-18-30(26(32)34-27(2,3)4)24-22(15-12-17-28-24)23-16-10-11-19-29(23)25(31)33-20-21-13-8-7-9-14-21/h7-9,12-15,17,23H,5-6,10-11,16,18-20H2,1-4H3/t23-/m1/s1. The van der Waals surface area contributed by atoms with E-state index in [1.165, 1.54) is 0 Å². The third kappa shape index (κ3) is 6.95. The average Bonchev–Trinajstić information content (AvgIpc) is 2.82. The van der Waals surface area contributed by atoms with Crippen LogP contribution in [-0.4, -0.2) is 40.8 Å². The Labute approximate surface area is 203 Å². The molecule has 0 spiro atoms. The normalized spacial score (nSPS) is 16.1. The van der Waals surface area contributed by atoms with Crippen LogP contribution in [0.4, 0.5) is 15.4 Å². The van der Waals surface area contributed by atoms with Crippen molar-refractivity contribution in [2.24, 2.45) is 0 Å². The maximum atomic E-state index is 13.1. The summed E-state index contributed by atoms with van der Waals surface area (Å²) in [6.07, 6.45) is 5.36. The molecule has 34 heavy (non-hydrogen) atoms. The highest BCUT2D eigenvalue weighted by Gasteiger charge is 2.34. The van der Waals surface area contributed by atoms with Gasteiger partial charge in [0.2, 0.25) is 0 Å². The van der Waals surface area contributed by atoms with Crippen molar-refractivity contribution in [1.29, 1.82) is 0 Å². The number of hydrogen-bond donors (Lipinski definition) is 0. The van der Waals surface area contributed by atoms with Crippen LogP contribution in [0.3, 0.4) is 0 Å². The summed E-state index contributed by atoms with van der Waals surface area (Å²) in [4.78, 5) is 34.2. The van der Waals surface area contributed by atoms with E-state index in [9.17, 15) is 9.59 Å². The van der Waals surface area contributed by atoms with Crippen LogP contribution in [0.2, 0.25) is 0 Å². The van der Waals surface area contributed by atoms with Gasteiger partial charge in [-0.3, -0.25) is 4.90 Å². The van der Waals surface area contributed by atoms with E-state index in [4.69, 9.17) is 9.47 Å². The van der Waals surface area contributed by atoms with Gasteiger partial charge >= 0.3 is 12.2 Å². The number of anilines is 1. The van der Waals surface area contributed by atoms with Gasteiger partial charge in [-0.15, -0.1) is 0 Å². The van der Waals surface area contributed by atoms with Gasteiger partial charge in [-0.25, -0.2) is 14.6 Å². The lowest BCUT2D eigenvalue weighted by molar-refractivity contribution is 0.0577. The largest absolute Gasteiger partial charge is 0.445 e. The van der Waals surface area contributed by atoms with Gasteiger partial charge in [0.25, 0.3) is 0 Å². The minimum Gasteiger partial charge on any atom is -0.445 e. The lowest BCUT2D eigenvalue weighted by Crippen LogP contribution is -2.42. The molecule has 2 aromatic rings. The molecular formula is C27H37N3O4. The quantitative estimate of drug-likeness (QED) is 0.465. The fourth-order valence-corrected chi connectivity index (χ4v) is 4.09. The molecule has 0 unspecified atom stereocenters. The van der Waals surface area contributed by atoms with E-state index >= 15 is 0 Å². The van der Waals surface area contributed by atoms with E-state index in [0.29, 0.717) is 18.9 Å². The van der Waals surface area contributed by atoms with Gasteiger partial charge in [0.1, 0.15) is 18.0 Å². The third-order valence-electron chi connectivity index (χ3n) is 5.72. The molecule has 1 saturated heterocycles. The number of benzene rings is 1. The monoisotopic (exact) mass is 467 g/mol. The number of carbonyl (C=O) groups excluding carboxylic acids is 2. The first-order valence-electron chi connectivity index (χ1n) is 12.2. The Bertz CT molecular complexity index is 942. The van der Waals surface area contributed by atoms with Gasteiger partial charge in [-0.2, -0.15) is 0 Å². The molecule has 0 radical (unpaired) electrons. The Morgan fingerprint density at radius 1 is 1.12 bits per heavy atom. The van der Waals surface area contributed by atoms with Gasteiger partial charge < -0.3 is 14.4 Å². The summed E-state index contributed by atoms with van der Waals surface area (Å²) in [6.45, 7) is 8.98. The summed E-state index contributed by atoms with van der Waals surface area (Å²) in [5.41, 5.74) is 1.18. The zero-order valence-corrected chi connectivity index (χ0v) is 20.8. The van der Waals surface area contributed by atoms with Gasteiger partial charge in [0, 0.05) is 24.8 Å². The number of ether oxygens (including phenoxy) is 2. The molecule has 0 saturated carbocycles. The molecule has 2 heterocycles. The lowest BCUT2D eigenvalue weighted by Gasteiger charge is -2.37. The molecule has 1 aromatic carbocycles. The minimum atomic E-state index is -0.616. The Balaban J connectivity index is 1.86. The fraction of sp³-hybridized carbons (Fsp3) is 0.519. The molecule has 1 fully saturated rings. The number of rotatable bonds is 7. The maximum Gasteiger partial charge on any atom is 0.416 e. The molecule has 0 aliphatic carbocycles. The smallest absolute Gasteiger partial charge is 0.416 e. The highest BCUT2D eigenvalue weighted by Crippen LogP contribution is 2.36. The Kier molecular flexibility index (Phi) is 8.91. The molecular weight excluding hydrogens is 430 g/mol. The average molecular weight is 468 g/mol. The number of unbranched alkanes of at least 4 members (excludes halogenated alkanes) is 1. The molecule has 7 heteroatoms. The van der Waals surface area contributed by atoms with E-state index < -0.39 is 11.7 Å². The van der Waals surface area contributed by atoms with Gasteiger partial charge in [0.15, 0.2) is 0 Å². The highest BCUT2D eigenvalue weighted by molar-refractivity contribution is 5.87. The second-order valence-electron chi connectivity index (χ2n) is 9.65. The third-order valence-corrected chi connectivity index (χ3v) is 5.72. The topological polar surface area (TPSA) is 72.0 Å². The number of carbonyl (C=O) groups is 2. The van der Waals surface area contributed by atoms with E-state index in [2.05, 4.69) is 11.9 Å². The molecule has 1 atom stereocenters. The molecule has 1 aromatic heterocycles. The predicted octanol–water partition coefficient (Wildman–Crippen LogP) is 6.49. The number of piperidine rings is 1. The van der Waals surface area contributed by atoms with Gasteiger partial charge in [-0.1, -0.05) is 49.7 Å². The first-order chi connectivity index (χ1) is 16.3. The summed E-state index contributed by atoms with van der Waals surface area (Å²) in [5, 5.41) is 0. The van der Waals surface area contributed by atoms with Crippen LogP contribution in [0, 0.1) is 0 Å². The zero-order valence-electron chi connectivity index (χ0n) is 20.8. The SMILES string of the molecule is CCCCN(C(=O)OC(C)(C)C)c1ncccc1[C@H]1CCCCN1C(=O)OCc1ccccc1. The van der Waals surface area contributed by atoms with E-state index in [1.807, 2.05) is 63.2 Å². The van der Waals surface area contributed by atoms with Crippen molar-refractivity contribution in [2.75, 3.05) is 18.0 Å². The summed E-state index contributed by atoms with van der Waals surface area (Å²) in [7, 11) is 0. The van der Waals surface area contributed by atoms with E-state index in [1.54, 1.807) is 16.0 Å². The number of aromatic nitrogens is 1. The molecule has 7 nitrogen and oxygen atoms in total. The van der Waals surface area contributed by atoms with E-state index in [0.717, 1.165) is 43.2 Å². The van der Waals surface area contributed by atoms with Crippen LogP contribution in [0.15, 0.2) is 48.7 Å². The van der Waals surface area contributed by atoms with Crippen LogP contribution < -0.4 is 4.90 Å². The summed E-state index contributed by atoms with van der Waals surface area (Å²) in [6, 6.07) is 13.3.